The Bertz CT molecular complexity index is 383. The molecule has 0 aliphatic rings. The third kappa shape index (κ3) is 0.993. The number of aromatic nitrogens is 2. The van der Waals surface area contributed by atoms with Crippen LogP contribution in [0, 0.1) is 6.92 Å². The van der Waals surface area contributed by atoms with Crippen molar-refractivity contribution in [2.45, 2.75) is 6.92 Å². The second-order valence-corrected chi connectivity index (χ2v) is 2.70. The Morgan fingerprint density at radius 2 is 2.17 bits per heavy atom. The minimum atomic E-state index is 0.696. The van der Waals surface area contributed by atoms with Crippen LogP contribution in [0.2, 0.25) is 0 Å². The van der Waals surface area contributed by atoms with E-state index in [0.717, 1.165) is 16.7 Å². The molecule has 0 fully saturated rings. The van der Waals surface area contributed by atoms with Crippen LogP contribution in [0.15, 0.2) is 24.4 Å². The van der Waals surface area contributed by atoms with E-state index < -0.39 is 0 Å². The normalized spacial score (nSPS) is 10.4. The Morgan fingerprint density at radius 1 is 1.33 bits per heavy atom. The summed E-state index contributed by atoms with van der Waals surface area (Å²) in [6.07, 6.45) is 1.73. The maximum absolute atomic E-state index is 5.68. The summed E-state index contributed by atoms with van der Waals surface area (Å²) in [5.41, 5.74) is 8.98. The molecule has 2 aromatic rings. The second kappa shape index (κ2) is 2.44. The summed E-state index contributed by atoms with van der Waals surface area (Å²) in [4.78, 5) is 8.43. The van der Waals surface area contributed by atoms with Crippen LogP contribution in [0.4, 0.5) is 5.69 Å². The van der Waals surface area contributed by atoms with Crippen molar-refractivity contribution in [3.05, 3.63) is 30.1 Å². The van der Waals surface area contributed by atoms with Crippen molar-refractivity contribution in [1.29, 1.82) is 0 Å². The number of nitrogens with zero attached hydrogens (tertiary/aromatic N) is 2. The van der Waals surface area contributed by atoms with Crippen molar-refractivity contribution in [3.63, 3.8) is 0 Å². The number of nitrogens with two attached hydrogens (primary N) is 1. The molecule has 3 nitrogen and oxygen atoms in total. The van der Waals surface area contributed by atoms with E-state index in [0.29, 0.717) is 5.69 Å². The summed E-state index contributed by atoms with van der Waals surface area (Å²) < 4.78 is 0. The van der Waals surface area contributed by atoms with E-state index in [1.165, 1.54) is 0 Å². The lowest BCUT2D eigenvalue weighted by atomic mass is 10.2. The standard InChI is InChI=1S/C9H9N3/c1-6-7(10)5-9-8(12-6)3-2-4-11-9/h2-5H,10H2,1H3. The monoisotopic (exact) mass is 159 g/mol. The average molecular weight is 159 g/mol. The highest BCUT2D eigenvalue weighted by atomic mass is 14.8. The molecule has 0 spiro atoms. The predicted molar refractivity (Wildman–Crippen MR) is 48.7 cm³/mol. The van der Waals surface area contributed by atoms with Crippen molar-refractivity contribution in [2.75, 3.05) is 5.73 Å². The molecule has 0 bridgehead atoms. The molecular weight excluding hydrogens is 150 g/mol. The van der Waals surface area contributed by atoms with Gasteiger partial charge in [0, 0.05) is 6.20 Å². The van der Waals surface area contributed by atoms with Crippen molar-refractivity contribution in [1.82, 2.24) is 9.97 Å². The van der Waals surface area contributed by atoms with Crippen LogP contribution in [-0.4, -0.2) is 9.97 Å². The first kappa shape index (κ1) is 7.03. The molecule has 12 heavy (non-hydrogen) atoms. The fourth-order valence-corrected chi connectivity index (χ4v) is 1.11. The Labute approximate surface area is 70.3 Å². The van der Waals surface area contributed by atoms with Gasteiger partial charge < -0.3 is 5.73 Å². The van der Waals surface area contributed by atoms with Crippen molar-refractivity contribution in [3.8, 4) is 0 Å². The molecule has 0 radical (unpaired) electrons. The van der Waals surface area contributed by atoms with Gasteiger partial charge in [0.15, 0.2) is 0 Å². The zero-order valence-corrected chi connectivity index (χ0v) is 6.78. The number of fused-ring (bicyclic) bond motifs is 1. The van der Waals surface area contributed by atoms with Gasteiger partial charge in [-0.05, 0) is 25.1 Å². The van der Waals surface area contributed by atoms with E-state index in [1.807, 2.05) is 25.1 Å². The summed E-state index contributed by atoms with van der Waals surface area (Å²) in [6.45, 7) is 1.89. The molecule has 60 valence electrons. The van der Waals surface area contributed by atoms with Crippen LogP contribution >= 0.6 is 0 Å². The maximum Gasteiger partial charge on any atom is 0.0907 e. The smallest absolute Gasteiger partial charge is 0.0907 e. The third-order valence-electron chi connectivity index (χ3n) is 1.81. The highest BCUT2D eigenvalue weighted by molar-refractivity contribution is 5.77. The van der Waals surface area contributed by atoms with Gasteiger partial charge >= 0.3 is 0 Å². The Balaban J connectivity index is 2.84. The number of pyridine rings is 2. The van der Waals surface area contributed by atoms with Crippen LogP contribution in [0.3, 0.4) is 0 Å². The summed E-state index contributed by atoms with van der Waals surface area (Å²) in [5.74, 6) is 0. The fraction of sp³-hybridized carbons (Fsp3) is 0.111. The molecule has 0 aliphatic heterocycles. The van der Waals surface area contributed by atoms with Gasteiger partial charge in [0.1, 0.15) is 0 Å². The number of rotatable bonds is 0. The van der Waals surface area contributed by atoms with E-state index in [1.54, 1.807) is 6.20 Å². The van der Waals surface area contributed by atoms with E-state index in [9.17, 15) is 0 Å². The Morgan fingerprint density at radius 3 is 3.00 bits per heavy atom. The summed E-state index contributed by atoms with van der Waals surface area (Å²) in [7, 11) is 0. The van der Waals surface area contributed by atoms with Gasteiger partial charge in [-0.1, -0.05) is 0 Å². The molecular formula is C9H9N3. The number of anilines is 1. The quantitative estimate of drug-likeness (QED) is 0.634. The minimum absolute atomic E-state index is 0.696. The van der Waals surface area contributed by atoms with E-state index in [-0.39, 0.29) is 0 Å². The SMILES string of the molecule is Cc1nc2cccnc2cc1N. The molecule has 3 heteroatoms. The van der Waals surface area contributed by atoms with Crippen LogP contribution < -0.4 is 5.73 Å². The Hall–Kier alpha value is -1.64. The summed E-state index contributed by atoms with van der Waals surface area (Å²) in [6, 6.07) is 5.64. The summed E-state index contributed by atoms with van der Waals surface area (Å²) >= 11 is 0. The van der Waals surface area contributed by atoms with Gasteiger partial charge in [-0.2, -0.15) is 0 Å². The van der Waals surface area contributed by atoms with Crippen molar-refractivity contribution in [2.24, 2.45) is 0 Å². The van der Waals surface area contributed by atoms with Gasteiger partial charge in [-0.3, -0.25) is 4.98 Å². The van der Waals surface area contributed by atoms with E-state index >= 15 is 0 Å². The van der Waals surface area contributed by atoms with E-state index in [4.69, 9.17) is 5.73 Å². The van der Waals surface area contributed by atoms with Gasteiger partial charge in [-0.25, -0.2) is 4.98 Å². The Kier molecular flexibility index (Phi) is 1.43. The zero-order valence-electron chi connectivity index (χ0n) is 6.78. The molecule has 0 aromatic carbocycles. The minimum Gasteiger partial charge on any atom is -0.397 e. The van der Waals surface area contributed by atoms with Crippen molar-refractivity contribution < 1.29 is 0 Å². The molecule has 2 N–H and O–H groups in total. The average Bonchev–Trinajstić information content (AvgIpc) is 2.07. The van der Waals surface area contributed by atoms with Crippen LogP contribution in [0.1, 0.15) is 5.69 Å². The first-order valence-electron chi connectivity index (χ1n) is 3.75. The maximum atomic E-state index is 5.68. The lowest BCUT2D eigenvalue weighted by Crippen LogP contribution is -1.93. The highest BCUT2D eigenvalue weighted by Gasteiger charge is 1.98. The van der Waals surface area contributed by atoms with Gasteiger partial charge in [0.05, 0.1) is 22.4 Å². The molecule has 0 amide bonds. The largest absolute Gasteiger partial charge is 0.397 e. The summed E-state index contributed by atoms with van der Waals surface area (Å²) in [5, 5.41) is 0. The van der Waals surface area contributed by atoms with Gasteiger partial charge in [0.2, 0.25) is 0 Å². The van der Waals surface area contributed by atoms with Gasteiger partial charge in [0.25, 0.3) is 0 Å². The number of hydrogen-bond donors (Lipinski definition) is 1. The van der Waals surface area contributed by atoms with Gasteiger partial charge in [-0.15, -0.1) is 0 Å². The van der Waals surface area contributed by atoms with Crippen LogP contribution in [-0.2, 0) is 0 Å². The molecule has 2 heterocycles. The lowest BCUT2D eigenvalue weighted by Gasteiger charge is -2.00. The molecule has 0 saturated carbocycles. The van der Waals surface area contributed by atoms with Crippen LogP contribution in [0.5, 0.6) is 0 Å². The van der Waals surface area contributed by atoms with Crippen LogP contribution in [0.25, 0.3) is 11.0 Å². The lowest BCUT2D eigenvalue weighted by molar-refractivity contribution is 1.24. The molecule has 0 saturated heterocycles. The molecule has 0 unspecified atom stereocenters. The first-order chi connectivity index (χ1) is 5.77. The van der Waals surface area contributed by atoms with E-state index in [2.05, 4.69) is 9.97 Å². The zero-order chi connectivity index (χ0) is 8.55. The fourth-order valence-electron chi connectivity index (χ4n) is 1.11. The number of hydrogen-bond acceptors (Lipinski definition) is 3. The second-order valence-electron chi connectivity index (χ2n) is 2.70. The molecule has 2 aromatic heterocycles. The number of nitrogen functional groups attached to an aromatic ring is 1. The molecule has 2 rings (SSSR count). The predicted octanol–water partition coefficient (Wildman–Crippen LogP) is 1.52. The molecule has 0 atom stereocenters. The molecule has 0 aliphatic carbocycles. The third-order valence-corrected chi connectivity index (χ3v) is 1.81. The highest BCUT2D eigenvalue weighted by Crippen LogP contribution is 2.14. The topological polar surface area (TPSA) is 51.8 Å². The first-order valence-corrected chi connectivity index (χ1v) is 3.75. The number of aryl methyl sites for hydroxylation is 1. The van der Waals surface area contributed by atoms with Crippen molar-refractivity contribution >= 4 is 16.7 Å².